The second-order valence-corrected chi connectivity index (χ2v) is 4.00. The molecule has 0 unspecified atom stereocenters. The number of nitrogens with one attached hydrogen (secondary N) is 2. The molecule has 0 aromatic heterocycles. The van der Waals surface area contributed by atoms with Crippen molar-refractivity contribution >= 4 is 6.03 Å². The summed E-state index contributed by atoms with van der Waals surface area (Å²) in [5.74, 6) is 0.466. The fourth-order valence-electron chi connectivity index (χ4n) is 1.42. The molecule has 0 aromatic carbocycles. The van der Waals surface area contributed by atoms with Crippen molar-refractivity contribution in [1.29, 1.82) is 0 Å². The predicted molar refractivity (Wildman–Crippen MR) is 50.4 cm³/mol. The number of amides is 2. The summed E-state index contributed by atoms with van der Waals surface area (Å²) < 4.78 is 0. The molecular weight excluding hydrogens is 168 g/mol. The maximum absolute atomic E-state index is 11.1. The molecule has 76 valence electrons. The zero-order valence-electron chi connectivity index (χ0n) is 8.21. The molecule has 0 spiro atoms. The molecule has 13 heavy (non-hydrogen) atoms. The first-order chi connectivity index (χ1) is 6.08. The van der Waals surface area contributed by atoms with Crippen molar-refractivity contribution in [1.82, 2.24) is 10.6 Å². The van der Waals surface area contributed by atoms with Crippen molar-refractivity contribution in [3.05, 3.63) is 0 Å². The van der Waals surface area contributed by atoms with Gasteiger partial charge in [-0.25, -0.2) is 4.79 Å². The van der Waals surface area contributed by atoms with Crippen LogP contribution in [0.4, 0.5) is 4.79 Å². The molecule has 1 rings (SSSR count). The van der Waals surface area contributed by atoms with Crippen LogP contribution >= 0.6 is 0 Å². The normalized spacial score (nSPS) is 26.8. The van der Waals surface area contributed by atoms with Gasteiger partial charge in [0.1, 0.15) is 0 Å². The van der Waals surface area contributed by atoms with Gasteiger partial charge in [-0.1, -0.05) is 0 Å². The van der Waals surface area contributed by atoms with Crippen LogP contribution in [0.3, 0.4) is 0 Å². The highest BCUT2D eigenvalue weighted by molar-refractivity contribution is 5.74. The van der Waals surface area contributed by atoms with Crippen LogP contribution < -0.4 is 10.6 Å². The molecule has 0 aromatic rings. The van der Waals surface area contributed by atoms with Crippen molar-refractivity contribution in [2.45, 2.75) is 38.8 Å². The van der Waals surface area contributed by atoms with Crippen LogP contribution in [0.15, 0.2) is 0 Å². The fourth-order valence-corrected chi connectivity index (χ4v) is 1.42. The summed E-state index contributed by atoms with van der Waals surface area (Å²) in [6.07, 6.45) is 1.50. The van der Waals surface area contributed by atoms with Crippen LogP contribution in [0.2, 0.25) is 0 Å². The summed E-state index contributed by atoms with van der Waals surface area (Å²) in [5.41, 5.74) is 0. The molecular formula is C9H18N2O2. The van der Waals surface area contributed by atoms with Crippen molar-refractivity contribution in [2.24, 2.45) is 5.92 Å². The highest BCUT2D eigenvalue weighted by Crippen LogP contribution is 2.25. The smallest absolute Gasteiger partial charge is 0.314 e. The van der Waals surface area contributed by atoms with Gasteiger partial charge in [-0.15, -0.1) is 0 Å². The molecule has 0 bridgehead atoms. The minimum atomic E-state index is -0.139. The molecule has 2 amide bonds. The number of carbonyl (C=O) groups excluding carboxylic acids is 1. The van der Waals surface area contributed by atoms with E-state index in [9.17, 15) is 4.79 Å². The van der Waals surface area contributed by atoms with E-state index in [0.29, 0.717) is 12.5 Å². The lowest BCUT2D eigenvalue weighted by atomic mass is 9.82. The van der Waals surface area contributed by atoms with E-state index >= 15 is 0 Å². The first-order valence-corrected chi connectivity index (χ1v) is 4.80. The molecule has 1 aliphatic carbocycles. The topological polar surface area (TPSA) is 61.4 Å². The van der Waals surface area contributed by atoms with E-state index in [2.05, 4.69) is 10.6 Å². The van der Waals surface area contributed by atoms with Crippen molar-refractivity contribution in [3.8, 4) is 0 Å². The maximum atomic E-state index is 11.1. The summed E-state index contributed by atoms with van der Waals surface area (Å²) in [6, 6.07) is 0.0587. The summed E-state index contributed by atoms with van der Waals surface area (Å²) in [4.78, 5) is 11.1. The third-order valence-electron chi connectivity index (χ3n) is 2.18. The second kappa shape index (κ2) is 4.46. The van der Waals surface area contributed by atoms with Crippen molar-refractivity contribution in [2.75, 3.05) is 6.54 Å². The van der Waals surface area contributed by atoms with Gasteiger partial charge >= 0.3 is 6.03 Å². The van der Waals surface area contributed by atoms with E-state index in [4.69, 9.17) is 5.11 Å². The number of aliphatic hydroxyl groups is 1. The van der Waals surface area contributed by atoms with Crippen molar-refractivity contribution in [3.63, 3.8) is 0 Å². The molecule has 4 heteroatoms. The van der Waals surface area contributed by atoms with Crippen LogP contribution in [0.1, 0.15) is 26.7 Å². The van der Waals surface area contributed by atoms with Gasteiger partial charge < -0.3 is 15.7 Å². The van der Waals surface area contributed by atoms with Gasteiger partial charge in [0, 0.05) is 12.6 Å². The van der Waals surface area contributed by atoms with Crippen LogP contribution in [0.5, 0.6) is 0 Å². The Kier molecular flexibility index (Phi) is 3.54. The molecule has 1 fully saturated rings. The van der Waals surface area contributed by atoms with Gasteiger partial charge in [-0.05, 0) is 32.6 Å². The third-order valence-corrected chi connectivity index (χ3v) is 2.18. The Morgan fingerprint density at radius 1 is 1.54 bits per heavy atom. The lowest BCUT2D eigenvalue weighted by Gasteiger charge is -2.31. The highest BCUT2D eigenvalue weighted by atomic mass is 16.3. The fraction of sp³-hybridized carbons (Fsp3) is 0.889. The van der Waals surface area contributed by atoms with E-state index in [1.807, 2.05) is 13.8 Å². The maximum Gasteiger partial charge on any atom is 0.314 e. The predicted octanol–water partition coefficient (Wildman–Crippen LogP) is 0.465. The van der Waals surface area contributed by atoms with E-state index in [1.165, 1.54) is 0 Å². The van der Waals surface area contributed by atoms with Gasteiger partial charge in [-0.3, -0.25) is 0 Å². The standard InChI is InChI=1S/C9H18N2O2/c1-6(2)11-9(13)10-5-7-3-8(12)4-7/h6-8,12H,3-5H2,1-2H3,(H2,10,11,13). The molecule has 3 N–H and O–H groups in total. The van der Waals surface area contributed by atoms with Crippen molar-refractivity contribution < 1.29 is 9.90 Å². The first kappa shape index (κ1) is 10.3. The molecule has 1 saturated carbocycles. The quantitative estimate of drug-likeness (QED) is 0.600. The third kappa shape index (κ3) is 3.63. The average molecular weight is 186 g/mol. The average Bonchev–Trinajstić information content (AvgIpc) is 1.94. The largest absolute Gasteiger partial charge is 0.393 e. The zero-order chi connectivity index (χ0) is 9.84. The summed E-state index contributed by atoms with van der Waals surface area (Å²) in [7, 11) is 0. The van der Waals surface area contributed by atoms with E-state index in [-0.39, 0.29) is 18.2 Å². The minimum Gasteiger partial charge on any atom is -0.393 e. The molecule has 0 aliphatic heterocycles. The molecule has 1 aliphatic rings. The number of hydrogen-bond donors (Lipinski definition) is 3. The number of rotatable bonds is 3. The summed E-state index contributed by atoms with van der Waals surface area (Å²) >= 11 is 0. The van der Waals surface area contributed by atoms with Crippen LogP contribution in [0.25, 0.3) is 0 Å². The SMILES string of the molecule is CC(C)NC(=O)NCC1CC(O)C1. The lowest BCUT2D eigenvalue weighted by molar-refractivity contribution is 0.0440. The summed E-state index contributed by atoms with van der Waals surface area (Å²) in [5, 5.41) is 14.5. The van der Waals surface area contributed by atoms with E-state index < -0.39 is 0 Å². The van der Waals surface area contributed by atoms with Gasteiger partial charge in [0.25, 0.3) is 0 Å². The number of urea groups is 1. The Morgan fingerprint density at radius 2 is 2.15 bits per heavy atom. The lowest BCUT2D eigenvalue weighted by Crippen LogP contribution is -2.44. The zero-order valence-corrected chi connectivity index (χ0v) is 8.21. The Hall–Kier alpha value is -0.770. The second-order valence-electron chi connectivity index (χ2n) is 4.00. The number of aliphatic hydroxyl groups excluding tert-OH is 1. The van der Waals surface area contributed by atoms with E-state index in [1.54, 1.807) is 0 Å². The van der Waals surface area contributed by atoms with Gasteiger partial charge in [0.2, 0.25) is 0 Å². The van der Waals surface area contributed by atoms with Gasteiger partial charge in [0.15, 0.2) is 0 Å². The molecule has 0 heterocycles. The Labute approximate surface area is 78.7 Å². The van der Waals surface area contributed by atoms with Gasteiger partial charge in [0.05, 0.1) is 6.10 Å². The van der Waals surface area contributed by atoms with E-state index in [0.717, 1.165) is 12.8 Å². The molecule has 4 nitrogen and oxygen atoms in total. The summed E-state index contributed by atoms with van der Waals surface area (Å²) in [6.45, 7) is 4.52. The molecule has 0 atom stereocenters. The van der Waals surface area contributed by atoms with Crippen LogP contribution in [0, 0.1) is 5.92 Å². The number of hydrogen-bond acceptors (Lipinski definition) is 2. The Morgan fingerprint density at radius 3 is 2.62 bits per heavy atom. The van der Waals surface area contributed by atoms with Gasteiger partial charge in [-0.2, -0.15) is 0 Å². The molecule has 0 radical (unpaired) electrons. The molecule has 0 saturated heterocycles. The Bertz CT molecular complexity index is 176. The highest BCUT2D eigenvalue weighted by Gasteiger charge is 2.27. The van der Waals surface area contributed by atoms with Crippen LogP contribution in [-0.4, -0.2) is 29.8 Å². The minimum absolute atomic E-state index is 0.114. The monoisotopic (exact) mass is 186 g/mol. The Balaban J connectivity index is 2.02. The van der Waals surface area contributed by atoms with Crippen LogP contribution in [-0.2, 0) is 0 Å². The number of carbonyl (C=O) groups is 1. The first-order valence-electron chi connectivity index (χ1n) is 4.80.